The summed E-state index contributed by atoms with van der Waals surface area (Å²) in [5.74, 6) is -0.715. The first kappa shape index (κ1) is 15.9. The Morgan fingerprint density at radius 3 is 2.14 bits per heavy atom. The van der Waals surface area contributed by atoms with Crippen LogP contribution in [0.1, 0.15) is 10.4 Å². The lowest BCUT2D eigenvalue weighted by Crippen LogP contribution is -2.14. The highest BCUT2D eigenvalue weighted by molar-refractivity contribution is 14.1. The van der Waals surface area contributed by atoms with E-state index in [1.165, 1.54) is 12.1 Å². The van der Waals surface area contributed by atoms with Crippen LogP contribution in [0.2, 0.25) is 0 Å². The van der Waals surface area contributed by atoms with Gasteiger partial charge in [0.1, 0.15) is 0 Å². The van der Waals surface area contributed by atoms with Crippen LogP contribution in [0.15, 0.2) is 71.6 Å². The van der Waals surface area contributed by atoms with Gasteiger partial charge in [0.05, 0.1) is 10.6 Å². The maximum absolute atomic E-state index is 12.2. The van der Waals surface area contributed by atoms with Crippen molar-refractivity contribution in [2.45, 2.75) is 4.90 Å². The summed E-state index contributed by atoms with van der Waals surface area (Å²) in [5.41, 5.74) is 0.517. The van der Waals surface area contributed by atoms with Crippen molar-refractivity contribution in [3.63, 3.8) is 0 Å². The number of rotatable bonds is 5. The molecule has 0 amide bonds. The van der Waals surface area contributed by atoms with Gasteiger partial charge < -0.3 is 0 Å². The minimum atomic E-state index is -3.54. The number of Topliss-reactive ketones (excluding diaryl/α,β-unsaturated/α-hetero) is 1. The summed E-state index contributed by atoms with van der Waals surface area (Å²) in [6.07, 6.45) is 0. The van der Waals surface area contributed by atoms with E-state index in [1.54, 1.807) is 42.5 Å². The third-order valence-electron chi connectivity index (χ3n) is 2.89. The van der Waals surface area contributed by atoms with Crippen LogP contribution < -0.4 is 0 Å². The average molecular weight is 412 g/mol. The summed E-state index contributed by atoms with van der Waals surface area (Å²) in [7, 11) is -3.54. The summed E-state index contributed by atoms with van der Waals surface area (Å²) >= 11 is 2.14. The molecule has 0 aliphatic rings. The van der Waals surface area contributed by atoms with E-state index < -0.39 is 9.84 Å². The standard InChI is InChI=1S/C16H13IO3S/c1-12(16(18)13-7-9-14(17)10-8-13)11-21(19,20)15-5-3-2-4-6-15/h2-10H,1,11H2. The largest absolute Gasteiger partial charge is 0.289 e. The minimum absolute atomic E-state index is 0.0695. The van der Waals surface area contributed by atoms with E-state index in [9.17, 15) is 13.2 Å². The van der Waals surface area contributed by atoms with E-state index in [0.717, 1.165) is 3.57 Å². The lowest BCUT2D eigenvalue weighted by molar-refractivity contribution is 0.103. The van der Waals surface area contributed by atoms with Crippen molar-refractivity contribution in [3.8, 4) is 0 Å². The second-order valence-electron chi connectivity index (χ2n) is 4.51. The van der Waals surface area contributed by atoms with Crippen LogP contribution >= 0.6 is 22.6 Å². The Bertz CT molecular complexity index is 763. The monoisotopic (exact) mass is 412 g/mol. The first-order valence-electron chi connectivity index (χ1n) is 6.16. The average Bonchev–Trinajstić information content (AvgIpc) is 2.48. The molecule has 0 heterocycles. The Morgan fingerprint density at radius 2 is 1.57 bits per heavy atom. The van der Waals surface area contributed by atoms with Crippen LogP contribution in [-0.2, 0) is 9.84 Å². The fraction of sp³-hybridized carbons (Fsp3) is 0.0625. The number of hydrogen-bond donors (Lipinski definition) is 0. The molecule has 5 heteroatoms. The zero-order valence-corrected chi connectivity index (χ0v) is 14.1. The summed E-state index contributed by atoms with van der Waals surface area (Å²) in [5, 5.41) is 0. The normalized spacial score (nSPS) is 11.1. The predicted molar refractivity (Wildman–Crippen MR) is 91.1 cm³/mol. The predicted octanol–water partition coefficient (Wildman–Crippen LogP) is 3.50. The first-order valence-corrected chi connectivity index (χ1v) is 8.89. The summed E-state index contributed by atoms with van der Waals surface area (Å²) in [4.78, 5) is 12.4. The molecule has 0 aromatic heterocycles. The smallest absolute Gasteiger partial charge is 0.189 e. The molecule has 108 valence electrons. The van der Waals surface area contributed by atoms with Gasteiger partial charge in [-0.2, -0.15) is 0 Å². The van der Waals surface area contributed by atoms with E-state index in [0.29, 0.717) is 5.56 Å². The zero-order valence-electron chi connectivity index (χ0n) is 11.1. The molecule has 0 spiro atoms. The van der Waals surface area contributed by atoms with Crippen LogP contribution in [0.3, 0.4) is 0 Å². The van der Waals surface area contributed by atoms with Crippen LogP contribution in [-0.4, -0.2) is 20.0 Å². The Hall–Kier alpha value is -1.47. The Kier molecular flexibility index (Phi) is 4.95. The van der Waals surface area contributed by atoms with E-state index >= 15 is 0 Å². The number of halogens is 1. The van der Waals surface area contributed by atoms with Crippen molar-refractivity contribution in [1.29, 1.82) is 0 Å². The Labute approximate surface area is 137 Å². The van der Waals surface area contributed by atoms with Gasteiger partial charge in [-0.05, 0) is 46.9 Å². The molecule has 0 aliphatic carbocycles. The van der Waals surface area contributed by atoms with Gasteiger partial charge in [0.2, 0.25) is 0 Å². The number of hydrogen-bond acceptors (Lipinski definition) is 3. The maximum atomic E-state index is 12.2. The molecular weight excluding hydrogens is 399 g/mol. The quantitative estimate of drug-likeness (QED) is 0.429. The van der Waals surface area contributed by atoms with Crippen molar-refractivity contribution in [1.82, 2.24) is 0 Å². The van der Waals surface area contributed by atoms with E-state index in [-0.39, 0.29) is 22.0 Å². The molecule has 21 heavy (non-hydrogen) atoms. The SMILES string of the molecule is C=C(CS(=O)(=O)c1ccccc1)C(=O)c1ccc(I)cc1. The lowest BCUT2D eigenvalue weighted by Gasteiger charge is -2.07. The van der Waals surface area contributed by atoms with Crippen LogP contribution in [0.25, 0.3) is 0 Å². The molecule has 3 nitrogen and oxygen atoms in total. The molecule has 0 saturated heterocycles. The molecule has 0 unspecified atom stereocenters. The van der Waals surface area contributed by atoms with Crippen molar-refractivity contribution in [2.75, 3.05) is 5.75 Å². The number of sulfone groups is 1. The third kappa shape index (κ3) is 4.01. The molecule has 0 N–H and O–H groups in total. The molecule has 0 bridgehead atoms. The lowest BCUT2D eigenvalue weighted by atomic mass is 10.1. The van der Waals surface area contributed by atoms with Gasteiger partial charge in [0, 0.05) is 14.7 Å². The number of carbonyl (C=O) groups is 1. The zero-order chi connectivity index (χ0) is 15.5. The Balaban J connectivity index is 2.18. The van der Waals surface area contributed by atoms with E-state index in [4.69, 9.17) is 0 Å². The van der Waals surface area contributed by atoms with Crippen LogP contribution in [0.4, 0.5) is 0 Å². The molecule has 0 saturated carbocycles. The van der Waals surface area contributed by atoms with Crippen LogP contribution in [0.5, 0.6) is 0 Å². The molecule has 0 atom stereocenters. The highest BCUT2D eigenvalue weighted by Crippen LogP contribution is 2.16. The molecule has 0 aliphatic heterocycles. The topological polar surface area (TPSA) is 51.2 Å². The summed E-state index contributed by atoms with van der Waals surface area (Å²) in [6, 6.07) is 15.0. The van der Waals surface area contributed by atoms with E-state index in [1.807, 2.05) is 0 Å². The van der Waals surface area contributed by atoms with Gasteiger partial charge in [0.25, 0.3) is 0 Å². The highest BCUT2D eigenvalue weighted by atomic mass is 127. The first-order chi connectivity index (χ1) is 9.90. The molecular formula is C16H13IO3S. The second-order valence-corrected chi connectivity index (χ2v) is 7.75. The molecule has 0 radical (unpaired) electrons. The van der Waals surface area contributed by atoms with Gasteiger partial charge >= 0.3 is 0 Å². The van der Waals surface area contributed by atoms with Crippen LogP contribution in [0, 0.1) is 3.57 Å². The van der Waals surface area contributed by atoms with Gasteiger partial charge in [-0.1, -0.05) is 36.9 Å². The number of ketones is 1. The number of carbonyl (C=O) groups excluding carboxylic acids is 1. The Morgan fingerprint density at radius 1 is 1.00 bits per heavy atom. The number of benzene rings is 2. The molecule has 2 aromatic carbocycles. The van der Waals surface area contributed by atoms with Gasteiger partial charge in [-0.25, -0.2) is 8.42 Å². The minimum Gasteiger partial charge on any atom is -0.289 e. The molecule has 2 aromatic rings. The maximum Gasteiger partial charge on any atom is 0.189 e. The van der Waals surface area contributed by atoms with E-state index in [2.05, 4.69) is 29.2 Å². The van der Waals surface area contributed by atoms with Crippen molar-refractivity contribution in [3.05, 3.63) is 75.9 Å². The fourth-order valence-corrected chi connectivity index (χ4v) is 3.50. The van der Waals surface area contributed by atoms with Crippen molar-refractivity contribution < 1.29 is 13.2 Å². The van der Waals surface area contributed by atoms with Crippen molar-refractivity contribution >= 4 is 38.2 Å². The van der Waals surface area contributed by atoms with Gasteiger partial charge in [-0.3, -0.25) is 4.79 Å². The van der Waals surface area contributed by atoms with Gasteiger partial charge in [0.15, 0.2) is 15.6 Å². The molecule has 0 fully saturated rings. The van der Waals surface area contributed by atoms with Gasteiger partial charge in [-0.15, -0.1) is 0 Å². The molecule has 2 rings (SSSR count). The third-order valence-corrected chi connectivity index (χ3v) is 5.33. The second kappa shape index (κ2) is 6.53. The fourth-order valence-electron chi connectivity index (χ4n) is 1.81. The highest BCUT2D eigenvalue weighted by Gasteiger charge is 2.20. The van der Waals surface area contributed by atoms with Crippen molar-refractivity contribution in [2.24, 2.45) is 0 Å². The summed E-state index contributed by atoms with van der Waals surface area (Å²) in [6.45, 7) is 3.63. The summed E-state index contributed by atoms with van der Waals surface area (Å²) < 4.78 is 25.4.